The second-order valence-corrected chi connectivity index (χ2v) is 5.50. The van der Waals surface area contributed by atoms with Gasteiger partial charge in [-0.1, -0.05) is 6.07 Å². The lowest BCUT2D eigenvalue weighted by Gasteiger charge is -2.12. The fourth-order valence-corrected chi connectivity index (χ4v) is 2.13. The molecule has 5 heteroatoms. The zero-order valence-electron chi connectivity index (χ0n) is 9.19. The number of hydrogen-bond acceptors (Lipinski definition) is 3. The largest absolute Gasteiger partial charge is 0.385 e. The Balaban J connectivity index is 3.11. The molecule has 0 aliphatic rings. The van der Waals surface area contributed by atoms with Gasteiger partial charge in [0.2, 0.25) is 10.0 Å². The molecule has 0 unspecified atom stereocenters. The van der Waals surface area contributed by atoms with Crippen LogP contribution >= 0.6 is 0 Å². The van der Waals surface area contributed by atoms with Gasteiger partial charge in [-0.2, -0.15) is 0 Å². The van der Waals surface area contributed by atoms with Crippen molar-refractivity contribution in [2.75, 3.05) is 26.0 Å². The molecule has 0 radical (unpaired) electrons. The minimum atomic E-state index is -3.32. The van der Waals surface area contributed by atoms with E-state index in [1.165, 1.54) is 18.4 Å². The average molecular weight is 228 g/mol. The summed E-state index contributed by atoms with van der Waals surface area (Å²) in [6.45, 7) is 2.73. The van der Waals surface area contributed by atoms with Gasteiger partial charge < -0.3 is 5.32 Å². The van der Waals surface area contributed by atoms with Gasteiger partial charge in [-0.05, 0) is 25.1 Å². The number of nitrogens with one attached hydrogen (secondary N) is 1. The molecule has 0 amide bonds. The molecule has 0 heterocycles. The Kier molecular flexibility index (Phi) is 3.71. The highest BCUT2D eigenvalue weighted by atomic mass is 32.2. The van der Waals surface area contributed by atoms with Gasteiger partial charge in [0.1, 0.15) is 0 Å². The summed E-state index contributed by atoms with van der Waals surface area (Å²) in [4.78, 5) is 0.311. The highest BCUT2D eigenvalue weighted by molar-refractivity contribution is 7.89. The first-order valence-electron chi connectivity index (χ1n) is 4.75. The van der Waals surface area contributed by atoms with Crippen molar-refractivity contribution in [2.45, 2.75) is 11.8 Å². The summed E-state index contributed by atoms with van der Waals surface area (Å²) in [5.41, 5.74) is 0.820. The smallest absolute Gasteiger partial charge is 0.242 e. The topological polar surface area (TPSA) is 49.4 Å². The van der Waals surface area contributed by atoms with Gasteiger partial charge in [0.05, 0.1) is 4.90 Å². The lowest BCUT2D eigenvalue weighted by molar-refractivity contribution is 0.521. The van der Waals surface area contributed by atoms with Gasteiger partial charge in [0.25, 0.3) is 0 Å². The Labute approximate surface area is 91.0 Å². The molecule has 1 aromatic rings. The van der Waals surface area contributed by atoms with Crippen molar-refractivity contribution < 1.29 is 8.42 Å². The molecule has 0 spiro atoms. The van der Waals surface area contributed by atoms with Crippen LogP contribution in [0.25, 0.3) is 0 Å². The molecule has 0 aromatic heterocycles. The van der Waals surface area contributed by atoms with Gasteiger partial charge in [-0.25, -0.2) is 12.7 Å². The van der Waals surface area contributed by atoms with Crippen molar-refractivity contribution in [1.82, 2.24) is 4.31 Å². The Morgan fingerprint density at radius 2 is 2.00 bits per heavy atom. The molecule has 0 aliphatic carbocycles. The number of sulfonamides is 1. The molecule has 0 atom stereocenters. The number of nitrogens with zero attached hydrogens (tertiary/aromatic N) is 1. The summed E-state index contributed by atoms with van der Waals surface area (Å²) in [6, 6.07) is 6.81. The van der Waals surface area contributed by atoms with Crippen molar-refractivity contribution in [3.63, 3.8) is 0 Å². The lowest BCUT2D eigenvalue weighted by atomic mass is 10.3. The van der Waals surface area contributed by atoms with E-state index in [1.807, 2.05) is 13.0 Å². The van der Waals surface area contributed by atoms with Crippen LogP contribution in [0, 0.1) is 0 Å². The van der Waals surface area contributed by atoms with Crippen LogP contribution in [0.3, 0.4) is 0 Å². The van der Waals surface area contributed by atoms with Crippen LogP contribution in [-0.4, -0.2) is 33.4 Å². The van der Waals surface area contributed by atoms with Gasteiger partial charge in [-0.3, -0.25) is 0 Å². The number of rotatable bonds is 4. The maximum Gasteiger partial charge on any atom is 0.242 e. The van der Waals surface area contributed by atoms with Crippen molar-refractivity contribution in [3.8, 4) is 0 Å². The third kappa shape index (κ3) is 2.70. The molecular weight excluding hydrogens is 212 g/mol. The van der Waals surface area contributed by atoms with E-state index in [0.29, 0.717) is 4.90 Å². The van der Waals surface area contributed by atoms with Crippen LogP contribution in [0.2, 0.25) is 0 Å². The fraction of sp³-hybridized carbons (Fsp3) is 0.400. The van der Waals surface area contributed by atoms with Gasteiger partial charge in [0, 0.05) is 26.3 Å². The maximum absolute atomic E-state index is 11.8. The molecule has 1 N–H and O–H groups in total. The zero-order valence-corrected chi connectivity index (χ0v) is 10.0. The molecule has 1 rings (SSSR count). The molecule has 0 aliphatic heterocycles. The van der Waals surface area contributed by atoms with Crippen LogP contribution < -0.4 is 5.32 Å². The van der Waals surface area contributed by atoms with Crippen molar-refractivity contribution >= 4 is 15.7 Å². The molecule has 1 aromatic carbocycles. The highest BCUT2D eigenvalue weighted by Crippen LogP contribution is 2.17. The summed E-state index contributed by atoms with van der Waals surface area (Å²) in [7, 11) is -0.278. The Morgan fingerprint density at radius 3 is 2.53 bits per heavy atom. The first-order chi connectivity index (χ1) is 6.98. The molecule has 84 valence electrons. The molecular formula is C10H16N2O2S. The third-order valence-corrected chi connectivity index (χ3v) is 3.80. The maximum atomic E-state index is 11.8. The Bertz CT molecular complexity index is 427. The van der Waals surface area contributed by atoms with Gasteiger partial charge >= 0.3 is 0 Å². The quantitative estimate of drug-likeness (QED) is 0.846. The fourth-order valence-electron chi connectivity index (χ4n) is 1.18. The van der Waals surface area contributed by atoms with E-state index in [1.54, 1.807) is 18.2 Å². The Hall–Kier alpha value is -1.07. The van der Waals surface area contributed by atoms with Crippen LogP contribution in [0.4, 0.5) is 5.69 Å². The molecule has 0 saturated carbocycles. The monoisotopic (exact) mass is 228 g/mol. The molecule has 0 fully saturated rings. The summed E-state index contributed by atoms with van der Waals surface area (Å²) in [5.74, 6) is 0. The van der Waals surface area contributed by atoms with E-state index in [2.05, 4.69) is 5.32 Å². The zero-order chi connectivity index (χ0) is 11.5. The third-order valence-electron chi connectivity index (χ3n) is 1.99. The standard InChI is InChI=1S/C10H16N2O2S/c1-4-11-9-6-5-7-10(8-9)15(13,14)12(2)3/h5-8,11H,4H2,1-3H3. The highest BCUT2D eigenvalue weighted by Gasteiger charge is 2.16. The Morgan fingerprint density at radius 1 is 1.33 bits per heavy atom. The first-order valence-corrected chi connectivity index (χ1v) is 6.19. The molecule has 4 nitrogen and oxygen atoms in total. The minimum absolute atomic E-state index is 0.311. The average Bonchev–Trinajstić information content (AvgIpc) is 2.18. The molecule has 0 saturated heterocycles. The van der Waals surface area contributed by atoms with Crippen molar-refractivity contribution in [2.24, 2.45) is 0 Å². The summed E-state index contributed by atoms with van der Waals surface area (Å²) >= 11 is 0. The molecule has 15 heavy (non-hydrogen) atoms. The SMILES string of the molecule is CCNc1cccc(S(=O)(=O)N(C)C)c1. The molecule has 0 bridgehead atoms. The van der Waals surface area contributed by atoms with E-state index in [0.717, 1.165) is 12.2 Å². The van der Waals surface area contributed by atoms with Gasteiger partial charge in [0.15, 0.2) is 0 Å². The summed E-state index contributed by atoms with van der Waals surface area (Å²) in [5, 5.41) is 3.08. The van der Waals surface area contributed by atoms with Crippen molar-refractivity contribution in [1.29, 1.82) is 0 Å². The van der Waals surface area contributed by atoms with Crippen LogP contribution in [-0.2, 0) is 10.0 Å². The van der Waals surface area contributed by atoms with Crippen LogP contribution in [0.15, 0.2) is 29.2 Å². The second kappa shape index (κ2) is 4.63. The summed E-state index contributed by atoms with van der Waals surface area (Å²) in [6.07, 6.45) is 0. The van der Waals surface area contributed by atoms with Crippen molar-refractivity contribution in [3.05, 3.63) is 24.3 Å². The number of hydrogen-bond donors (Lipinski definition) is 1. The van der Waals surface area contributed by atoms with E-state index in [-0.39, 0.29) is 0 Å². The predicted octanol–water partition coefficient (Wildman–Crippen LogP) is 1.37. The van der Waals surface area contributed by atoms with E-state index in [4.69, 9.17) is 0 Å². The van der Waals surface area contributed by atoms with Crippen LogP contribution in [0.5, 0.6) is 0 Å². The van der Waals surface area contributed by atoms with Crippen LogP contribution in [0.1, 0.15) is 6.92 Å². The number of anilines is 1. The normalized spacial score (nSPS) is 11.7. The number of benzene rings is 1. The van der Waals surface area contributed by atoms with E-state index >= 15 is 0 Å². The van der Waals surface area contributed by atoms with Gasteiger partial charge in [-0.15, -0.1) is 0 Å². The lowest BCUT2D eigenvalue weighted by Crippen LogP contribution is -2.22. The van der Waals surface area contributed by atoms with E-state index in [9.17, 15) is 8.42 Å². The minimum Gasteiger partial charge on any atom is -0.385 e. The summed E-state index contributed by atoms with van der Waals surface area (Å²) < 4.78 is 24.8. The second-order valence-electron chi connectivity index (χ2n) is 3.35. The van der Waals surface area contributed by atoms with E-state index < -0.39 is 10.0 Å². The predicted molar refractivity (Wildman–Crippen MR) is 61.5 cm³/mol. The first kappa shape index (κ1) is 12.0.